The third-order valence-corrected chi connectivity index (χ3v) is 5.03. The molecule has 3 rings (SSSR count). The van der Waals surface area contributed by atoms with Gasteiger partial charge in [-0.15, -0.1) is 0 Å². The van der Waals surface area contributed by atoms with Crippen LogP contribution in [0.2, 0.25) is 0 Å². The molecule has 0 aromatic carbocycles. The average Bonchev–Trinajstić information content (AvgIpc) is 3.16. The second-order valence-corrected chi connectivity index (χ2v) is 6.73. The van der Waals surface area contributed by atoms with Crippen LogP contribution in [0.15, 0.2) is 18.3 Å². The Morgan fingerprint density at radius 3 is 2.76 bits per heavy atom. The number of piperidine rings is 1. The van der Waals surface area contributed by atoms with E-state index in [9.17, 15) is 4.79 Å². The predicted octanol–water partition coefficient (Wildman–Crippen LogP) is 2.67. The van der Waals surface area contributed by atoms with Crippen molar-refractivity contribution in [2.45, 2.75) is 51.6 Å². The van der Waals surface area contributed by atoms with Gasteiger partial charge in [-0.25, -0.2) is 0 Å². The third kappa shape index (κ3) is 2.86. The summed E-state index contributed by atoms with van der Waals surface area (Å²) in [4.78, 5) is 15.1. The van der Waals surface area contributed by atoms with Gasteiger partial charge in [0.1, 0.15) is 5.69 Å². The van der Waals surface area contributed by atoms with Crippen LogP contribution >= 0.6 is 0 Å². The van der Waals surface area contributed by atoms with Crippen LogP contribution in [0.5, 0.6) is 0 Å². The van der Waals surface area contributed by atoms with Crippen molar-refractivity contribution >= 4 is 5.91 Å². The number of hydrogen-bond donors (Lipinski definition) is 1. The van der Waals surface area contributed by atoms with Crippen LogP contribution in [0.3, 0.4) is 0 Å². The number of amides is 1. The Bertz CT molecular complexity index is 488. The number of likely N-dealkylation sites (tertiary alicyclic amines) is 1. The fourth-order valence-electron chi connectivity index (χ4n) is 3.86. The van der Waals surface area contributed by atoms with E-state index in [1.807, 2.05) is 12.1 Å². The summed E-state index contributed by atoms with van der Waals surface area (Å²) in [5, 5.41) is 3.39. The number of rotatable bonds is 3. The summed E-state index contributed by atoms with van der Waals surface area (Å²) < 4.78 is 2.22. The summed E-state index contributed by atoms with van der Waals surface area (Å²) in [6.07, 6.45) is 6.61. The van der Waals surface area contributed by atoms with Crippen molar-refractivity contribution in [2.75, 3.05) is 19.6 Å². The monoisotopic (exact) mass is 289 g/mol. The molecule has 0 bridgehead atoms. The van der Waals surface area contributed by atoms with E-state index in [2.05, 4.69) is 34.8 Å². The Labute approximate surface area is 127 Å². The standard InChI is InChI=1S/C17H27N3O/c1-13(2)15-5-3-12-20(15)17(21)16-6-4-11-19(16)14-7-9-18-10-8-14/h4,6,11,13-15,18H,3,5,7-10,12H2,1-2H3. The van der Waals surface area contributed by atoms with Gasteiger partial charge in [-0.3, -0.25) is 4.79 Å². The molecule has 4 heteroatoms. The first kappa shape index (κ1) is 14.6. The Morgan fingerprint density at radius 2 is 2.05 bits per heavy atom. The van der Waals surface area contributed by atoms with Crippen molar-refractivity contribution in [2.24, 2.45) is 5.92 Å². The Morgan fingerprint density at radius 1 is 1.29 bits per heavy atom. The number of carbonyl (C=O) groups excluding carboxylic acids is 1. The number of carbonyl (C=O) groups is 1. The van der Waals surface area contributed by atoms with Gasteiger partial charge in [-0.2, -0.15) is 0 Å². The number of hydrogen-bond acceptors (Lipinski definition) is 2. The van der Waals surface area contributed by atoms with Crippen molar-refractivity contribution in [3.05, 3.63) is 24.0 Å². The molecule has 1 unspecified atom stereocenters. The molecule has 0 spiro atoms. The number of nitrogens with zero attached hydrogens (tertiary/aromatic N) is 2. The molecule has 116 valence electrons. The summed E-state index contributed by atoms with van der Waals surface area (Å²) in [5.74, 6) is 0.772. The first-order chi connectivity index (χ1) is 10.2. The van der Waals surface area contributed by atoms with E-state index in [0.29, 0.717) is 18.0 Å². The molecule has 1 amide bonds. The third-order valence-electron chi connectivity index (χ3n) is 5.03. The largest absolute Gasteiger partial charge is 0.340 e. The maximum atomic E-state index is 13.0. The van der Waals surface area contributed by atoms with Crippen molar-refractivity contribution in [3.8, 4) is 0 Å². The lowest BCUT2D eigenvalue weighted by Gasteiger charge is -2.30. The smallest absolute Gasteiger partial charge is 0.270 e. The lowest BCUT2D eigenvalue weighted by molar-refractivity contribution is 0.0686. The zero-order chi connectivity index (χ0) is 14.8. The molecule has 1 atom stereocenters. The maximum Gasteiger partial charge on any atom is 0.270 e. The van der Waals surface area contributed by atoms with E-state index in [1.54, 1.807) is 0 Å². The van der Waals surface area contributed by atoms with Crippen LogP contribution < -0.4 is 5.32 Å². The molecule has 2 fully saturated rings. The molecular formula is C17H27N3O. The molecule has 1 aromatic heterocycles. The second-order valence-electron chi connectivity index (χ2n) is 6.73. The van der Waals surface area contributed by atoms with E-state index in [0.717, 1.165) is 51.0 Å². The molecule has 0 saturated carbocycles. The molecule has 0 aliphatic carbocycles. The molecule has 2 aliphatic heterocycles. The van der Waals surface area contributed by atoms with Crippen LogP contribution in [0, 0.1) is 5.92 Å². The van der Waals surface area contributed by atoms with Gasteiger partial charge in [-0.1, -0.05) is 13.8 Å². The normalized spacial score (nSPS) is 24.0. The molecule has 3 heterocycles. The molecular weight excluding hydrogens is 262 g/mol. The maximum absolute atomic E-state index is 13.0. The van der Waals surface area contributed by atoms with Crippen molar-refractivity contribution < 1.29 is 4.79 Å². The highest BCUT2D eigenvalue weighted by atomic mass is 16.2. The molecule has 0 radical (unpaired) electrons. The molecule has 2 saturated heterocycles. The highest BCUT2D eigenvalue weighted by molar-refractivity contribution is 5.93. The van der Waals surface area contributed by atoms with Gasteiger partial charge in [0.2, 0.25) is 0 Å². The van der Waals surface area contributed by atoms with Crippen molar-refractivity contribution in [1.29, 1.82) is 0 Å². The molecule has 21 heavy (non-hydrogen) atoms. The molecule has 4 nitrogen and oxygen atoms in total. The zero-order valence-electron chi connectivity index (χ0n) is 13.2. The average molecular weight is 289 g/mol. The highest BCUT2D eigenvalue weighted by Gasteiger charge is 2.33. The van der Waals surface area contributed by atoms with Crippen LogP contribution in [0.1, 0.15) is 56.1 Å². The highest BCUT2D eigenvalue weighted by Crippen LogP contribution is 2.28. The van der Waals surface area contributed by atoms with Gasteiger partial charge in [0.15, 0.2) is 0 Å². The fourth-order valence-corrected chi connectivity index (χ4v) is 3.86. The van der Waals surface area contributed by atoms with E-state index in [4.69, 9.17) is 0 Å². The number of aromatic nitrogens is 1. The molecule has 1 aromatic rings. The predicted molar refractivity (Wildman–Crippen MR) is 84.5 cm³/mol. The number of nitrogens with one attached hydrogen (secondary N) is 1. The Hall–Kier alpha value is -1.29. The summed E-state index contributed by atoms with van der Waals surface area (Å²) in [6, 6.07) is 4.91. The minimum Gasteiger partial charge on any atom is -0.340 e. The first-order valence-corrected chi connectivity index (χ1v) is 8.37. The van der Waals surface area contributed by atoms with Gasteiger partial charge in [-0.05, 0) is 56.8 Å². The lowest BCUT2D eigenvalue weighted by atomic mass is 10.0. The van der Waals surface area contributed by atoms with Crippen molar-refractivity contribution in [3.63, 3.8) is 0 Å². The Kier molecular flexibility index (Phi) is 4.34. The van der Waals surface area contributed by atoms with Crippen LogP contribution in [0.4, 0.5) is 0 Å². The minimum atomic E-state index is 0.231. The van der Waals surface area contributed by atoms with Gasteiger partial charge >= 0.3 is 0 Å². The van der Waals surface area contributed by atoms with E-state index >= 15 is 0 Å². The summed E-state index contributed by atoms with van der Waals surface area (Å²) in [5.41, 5.74) is 0.884. The van der Waals surface area contributed by atoms with E-state index < -0.39 is 0 Å². The quantitative estimate of drug-likeness (QED) is 0.929. The van der Waals surface area contributed by atoms with Crippen LogP contribution in [-0.4, -0.2) is 41.1 Å². The zero-order valence-corrected chi connectivity index (χ0v) is 13.2. The fraction of sp³-hybridized carbons (Fsp3) is 0.706. The minimum absolute atomic E-state index is 0.231. The van der Waals surface area contributed by atoms with Crippen LogP contribution in [0.25, 0.3) is 0 Å². The van der Waals surface area contributed by atoms with Gasteiger partial charge < -0.3 is 14.8 Å². The van der Waals surface area contributed by atoms with Crippen molar-refractivity contribution in [1.82, 2.24) is 14.8 Å². The molecule has 1 N–H and O–H groups in total. The topological polar surface area (TPSA) is 37.3 Å². The summed E-state index contributed by atoms with van der Waals surface area (Å²) in [7, 11) is 0. The Balaban J connectivity index is 1.80. The molecule has 2 aliphatic rings. The van der Waals surface area contributed by atoms with Crippen LogP contribution in [-0.2, 0) is 0 Å². The van der Waals surface area contributed by atoms with E-state index in [1.165, 1.54) is 0 Å². The van der Waals surface area contributed by atoms with Gasteiger partial charge in [0.05, 0.1) is 0 Å². The van der Waals surface area contributed by atoms with Gasteiger partial charge in [0.25, 0.3) is 5.91 Å². The SMILES string of the molecule is CC(C)C1CCCN1C(=O)c1cccn1C1CCNCC1. The second kappa shape index (κ2) is 6.22. The summed E-state index contributed by atoms with van der Waals surface area (Å²) >= 11 is 0. The lowest BCUT2D eigenvalue weighted by Crippen LogP contribution is -2.40. The van der Waals surface area contributed by atoms with Gasteiger partial charge in [0, 0.05) is 24.8 Å². The first-order valence-electron chi connectivity index (χ1n) is 8.37. The summed E-state index contributed by atoms with van der Waals surface area (Å²) in [6.45, 7) is 7.47. The van der Waals surface area contributed by atoms with E-state index in [-0.39, 0.29) is 5.91 Å².